The molecule has 1 saturated heterocycles. The number of carbonyl (C=O) groups excluding carboxylic acids is 3. The summed E-state index contributed by atoms with van der Waals surface area (Å²) in [5, 5.41) is 8.49. The Morgan fingerprint density at radius 2 is 2.10 bits per heavy atom. The van der Waals surface area contributed by atoms with Crippen LogP contribution in [0.1, 0.15) is 21.9 Å². The van der Waals surface area contributed by atoms with Crippen molar-refractivity contribution >= 4 is 55.0 Å². The first-order valence-corrected chi connectivity index (χ1v) is 10.8. The minimum absolute atomic E-state index is 0.00253. The first kappa shape index (κ1) is 19.0. The lowest BCUT2D eigenvalue weighted by Gasteiger charge is -2.21. The molecule has 30 heavy (non-hydrogen) atoms. The first-order valence-electron chi connectivity index (χ1n) is 9.21. The molecule has 2 aliphatic rings. The number of ketones is 2. The van der Waals surface area contributed by atoms with Crippen molar-refractivity contribution in [3.63, 3.8) is 0 Å². The lowest BCUT2D eigenvalue weighted by molar-refractivity contribution is -0.140. The maximum Gasteiger partial charge on any atom is 0.295 e. The molecule has 3 aromatic rings. The van der Waals surface area contributed by atoms with Gasteiger partial charge < -0.3 is 4.90 Å². The van der Waals surface area contributed by atoms with E-state index >= 15 is 0 Å². The molecule has 8 nitrogen and oxygen atoms in total. The molecule has 1 fully saturated rings. The van der Waals surface area contributed by atoms with Crippen LogP contribution >= 0.6 is 27.3 Å². The molecular weight excluding hydrogens is 470 g/mol. The van der Waals surface area contributed by atoms with Crippen LogP contribution in [0, 0.1) is 5.92 Å². The molecule has 10 heteroatoms. The van der Waals surface area contributed by atoms with Crippen LogP contribution in [0.15, 0.2) is 52.8 Å². The van der Waals surface area contributed by atoms with Gasteiger partial charge in [0, 0.05) is 10.2 Å². The molecule has 1 amide bonds. The van der Waals surface area contributed by atoms with Crippen LogP contribution in [0.2, 0.25) is 0 Å². The van der Waals surface area contributed by atoms with Gasteiger partial charge in [0.25, 0.3) is 5.91 Å². The summed E-state index contributed by atoms with van der Waals surface area (Å²) in [6.45, 7) is 0.117. The number of allylic oxidation sites excluding steroid dienone is 4. The van der Waals surface area contributed by atoms with Crippen molar-refractivity contribution in [3.8, 4) is 0 Å². The van der Waals surface area contributed by atoms with Crippen LogP contribution < -0.4 is 0 Å². The van der Waals surface area contributed by atoms with Gasteiger partial charge in [-0.3, -0.25) is 14.4 Å². The zero-order valence-electron chi connectivity index (χ0n) is 15.5. The molecule has 1 aliphatic carbocycles. The van der Waals surface area contributed by atoms with E-state index in [1.165, 1.54) is 20.9 Å². The third-order valence-electron chi connectivity index (χ3n) is 5.02. The molecule has 1 unspecified atom stereocenters. The van der Waals surface area contributed by atoms with Gasteiger partial charge in [-0.2, -0.15) is 0 Å². The molecule has 1 aliphatic heterocycles. The quantitative estimate of drug-likeness (QED) is 0.408. The standard InChI is InChI=1S/C20H14BrN5O3S/c21-13-5-3-4-12-17(13)26(20(29)18(12)28)9-11-8-25(24-23-11)10-15(27)19-22-14-6-1-2-7-16(14)30-19/h1-3,5-8,12H,4,9-10H2. The van der Waals surface area contributed by atoms with E-state index in [4.69, 9.17) is 0 Å². The van der Waals surface area contributed by atoms with Crippen LogP contribution in [0.4, 0.5) is 0 Å². The number of hydrogen-bond donors (Lipinski definition) is 0. The summed E-state index contributed by atoms with van der Waals surface area (Å²) < 4.78 is 3.09. The van der Waals surface area contributed by atoms with Gasteiger partial charge in [0.05, 0.1) is 28.9 Å². The van der Waals surface area contributed by atoms with E-state index in [0.29, 0.717) is 22.8 Å². The SMILES string of the molecule is O=C(Cn1cc(CN2C(=O)C(=O)C3CC=CC(Br)=C32)nn1)c1nc2ccccc2s1. The van der Waals surface area contributed by atoms with E-state index in [1.54, 1.807) is 6.20 Å². The molecule has 1 aromatic carbocycles. The summed E-state index contributed by atoms with van der Waals surface area (Å²) in [7, 11) is 0. The summed E-state index contributed by atoms with van der Waals surface area (Å²) >= 11 is 4.78. The zero-order valence-corrected chi connectivity index (χ0v) is 17.9. The normalized spacial score (nSPS) is 18.6. The van der Waals surface area contributed by atoms with Crippen molar-refractivity contribution in [2.75, 3.05) is 0 Å². The van der Waals surface area contributed by atoms with Crippen molar-refractivity contribution in [1.82, 2.24) is 24.9 Å². The number of fused-ring (bicyclic) bond motifs is 2. The molecule has 5 rings (SSSR count). The molecule has 0 spiro atoms. The molecule has 0 N–H and O–H groups in total. The lowest BCUT2D eigenvalue weighted by atomic mass is 9.96. The monoisotopic (exact) mass is 483 g/mol. The van der Waals surface area contributed by atoms with Crippen molar-refractivity contribution in [2.24, 2.45) is 5.92 Å². The van der Waals surface area contributed by atoms with E-state index in [0.717, 1.165) is 14.7 Å². The van der Waals surface area contributed by atoms with Gasteiger partial charge in [-0.25, -0.2) is 9.67 Å². The van der Waals surface area contributed by atoms with E-state index < -0.39 is 17.6 Å². The highest BCUT2D eigenvalue weighted by Crippen LogP contribution is 2.38. The summed E-state index contributed by atoms with van der Waals surface area (Å²) in [5.41, 5.74) is 1.95. The Hall–Kier alpha value is -2.98. The minimum Gasteiger partial charge on any atom is -0.302 e. The molecule has 0 radical (unpaired) electrons. The maximum atomic E-state index is 12.6. The van der Waals surface area contributed by atoms with E-state index in [2.05, 4.69) is 31.2 Å². The third kappa shape index (κ3) is 3.21. The second kappa shape index (κ2) is 7.37. The summed E-state index contributed by atoms with van der Waals surface area (Å²) in [6.07, 6.45) is 5.84. The Balaban J connectivity index is 1.33. The fourth-order valence-corrected chi connectivity index (χ4v) is 5.20. The predicted molar refractivity (Wildman–Crippen MR) is 113 cm³/mol. The number of carbonyl (C=O) groups is 3. The number of aromatic nitrogens is 4. The number of nitrogens with zero attached hydrogens (tertiary/aromatic N) is 5. The Kier molecular flexibility index (Phi) is 4.67. The molecule has 3 heterocycles. The molecular formula is C20H14BrN5O3S. The summed E-state index contributed by atoms with van der Waals surface area (Å²) in [6, 6.07) is 7.57. The van der Waals surface area contributed by atoms with E-state index in [1.807, 2.05) is 36.4 Å². The third-order valence-corrected chi connectivity index (χ3v) is 6.77. The van der Waals surface area contributed by atoms with Crippen molar-refractivity contribution < 1.29 is 14.4 Å². The second-order valence-electron chi connectivity index (χ2n) is 7.00. The number of amides is 1. The fourth-order valence-electron chi connectivity index (χ4n) is 3.62. The van der Waals surface area contributed by atoms with Crippen LogP contribution in [-0.2, 0) is 22.7 Å². The van der Waals surface area contributed by atoms with Gasteiger partial charge in [-0.1, -0.05) is 29.5 Å². The Morgan fingerprint density at radius 1 is 1.27 bits per heavy atom. The molecule has 0 bridgehead atoms. The smallest absolute Gasteiger partial charge is 0.295 e. The summed E-state index contributed by atoms with van der Waals surface area (Å²) in [4.78, 5) is 43.1. The number of thiazole rings is 1. The minimum atomic E-state index is -0.546. The van der Waals surface area contributed by atoms with Crippen LogP contribution in [-0.4, -0.2) is 42.4 Å². The highest BCUT2D eigenvalue weighted by Gasteiger charge is 2.45. The molecule has 0 saturated carbocycles. The van der Waals surface area contributed by atoms with Crippen LogP contribution in [0.3, 0.4) is 0 Å². The van der Waals surface area contributed by atoms with Crippen molar-refractivity contribution in [1.29, 1.82) is 0 Å². The number of para-hydroxylation sites is 1. The topological polar surface area (TPSA) is 98.1 Å². The molecule has 150 valence electrons. The number of rotatable bonds is 5. The van der Waals surface area contributed by atoms with Crippen molar-refractivity contribution in [2.45, 2.75) is 19.5 Å². The van der Waals surface area contributed by atoms with Gasteiger partial charge >= 0.3 is 0 Å². The first-order chi connectivity index (χ1) is 14.5. The Morgan fingerprint density at radius 3 is 2.93 bits per heavy atom. The Labute approximate surface area is 183 Å². The average molecular weight is 484 g/mol. The fraction of sp³-hybridized carbons (Fsp3) is 0.200. The second-order valence-corrected chi connectivity index (χ2v) is 8.88. The molecule has 1 atom stereocenters. The van der Waals surface area contributed by atoms with Gasteiger partial charge in [-0.05, 0) is 34.5 Å². The van der Waals surface area contributed by atoms with Crippen LogP contribution in [0.25, 0.3) is 10.2 Å². The number of Topliss-reactive ketones (excluding diaryl/α,β-unsaturated/α-hetero) is 2. The van der Waals surface area contributed by atoms with Crippen LogP contribution in [0.5, 0.6) is 0 Å². The maximum absolute atomic E-state index is 12.6. The zero-order chi connectivity index (χ0) is 20.8. The van der Waals surface area contributed by atoms with Gasteiger partial charge in [0.1, 0.15) is 12.2 Å². The number of halogens is 1. The number of benzene rings is 1. The van der Waals surface area contributed by atoms with Crippen molar-refractivity contribution in [3.05, 3.63) is 63.5 Å². The van der Waals surface area contributed by atoms with Gasteiger partial charge in [0.15, 0.2) is 5.01 Å². The van der Waals surface area contributed by atoms with Gasteiger partial charge in [-0.15, -0.1) is 16.4 Å². The number of hydrogen-bond acceptors (Lipinski definition) is 7. The predicted octanol–water partition coefficient (Wildman–Crippen LogP) is 2.86. The van der Waals surface area contributed by atoms with Gasteiger partial charge in [0.2, 0.25) is 11.6 Å². The largest absolute Gasteiger partial charge is 0.302 e. The van der Waals surface area contributed by atoms with E-state index in [-0.39, 0.29) is 18.9 Å². The summed E-state index contributed by atoms with van der Waals surface area (Å²) in [5.74, 6) is -1.57. The molecule has 2 aromatic heterocycles. The Bertz CT molecular complexity index is 1240. The lowest BCUT2D eigenvalue weighted by Crippen LogP contribution is -2.26. The number of likely N-dealkylation sites (tertiary alicyclic amines) is 1. The highest BCUT2D eigenvalue weighted by atomic mass is 79.9. The van der Waals surface area contributed by atoms with E-state index in [9.17, 15) is 14.4 Å². The average Bonchev–Trinajstić information content (AvgIpc) is 3.42. The highest BCUT2D eigenvalue weighted by molar-refractivity contribution is 9.11.